The van der Waals surface area contributed by atoms with Gasteiger partial charge in [0, 0.05) is 37.9 Å². The number of sulfonamides is 1. The van der Waals surface area contributed by atoms with Crippen LogP contribution in [0.1, 0.15) is 37.3 Å². The van der Waals surface area contributed by atoms with Gasteiger partial charge in [0.15, 0.2) is 0 Å². The number of nitrogens with zero attached hydrogens (tertiary/aromatic N) is 3. The smallest absolute Gasteiger partial charge is 0.334 e. The number of nitrogens with one attached hydrogen (secondary N) is 1. The molecule has 1 aliphatic rings. The summed E-state index contributed by atoms with van der Waals surface area (Å²) < 4.78 is 67.3. The van der Waals surface area contributed by atoms with Crippen molar-refractivity contribution in [2.75, 3.05) is 31.5 Å². The Bertz CT molecular complexity index is 1480. The van der Waals surface area contributed by atoms with Crippen LogP contribution in [0.2, 0.25) is 0 Å². The van der Waals surface area contributed by atoms with Gasteiger partial charge >= 0.3 is 12.2 Å². The van der Waals surface area contributed by atoms with Crippen molar-refractivity contribution >= 4 is 27.6 Å². The van der Waals surface area contributed by atoms with Crippen molar-refractivity contribution in [2.45, 2.75) is 49.8 Å². The first-order valence-corrected chi connectivity index (χ1v) is 15.5. The van der Waals surface area contributed by atoms with Crippen LogP contribution in [0.4, 0.5) is 23.7 Å². The first-order chi connectivity index (χ1) is 20.5. The number of urea groups is 1. The molecule has 3 aromatic carbocycles. The fourth-order valence-corrected chi connectivity index (χ4v) is 6.58. The number of piperidine rings is 1. The molecule has 0 saturated carbocycles. The molecule has 0 aliphatic carbocycles. The van der Waals surface area contributed by atoms with Crippen LogP contribution in [0.5, 0.6) is 0 Å². The summed E-state index contributed by atoms with van der Waals surface area (Å²) in [5.74, 6) is -0.344. The molecule has 3 amide bonds. The molecule has 0 atom stereocenters. The van der Waals surface area contributed by atoms with Gasteiger partial charge < -0.3 is 15.1 Å². The normalized spacial score (nSPS) is 14.5. The van der Waals surface area contributed by atoms with Crippen molar-refractivity contribution in [1.82, 2.24) is 14.1 Å². The molecule has 3 aromatic rings. The number of likely N-dealkylation sites (tertiary alicyclic amines) is 1. The number of benzene rings is 3. The molecule has 0 unspecified atom stereocenters. The van der Waals surface area contributed by atoms with E-state index in [2.05, 4.69) is 5.32 Å². The van der Waals surface area contributed by atoms with Crippen LogP contribution >= 0.6 is 0 Å². The summed E-state index contributed by atoms with van der Waals surface area (Å²) in [6.07, 6.45) is -3.15. The molecular formula is C31H35F3N4O4S. The zero-order valence-corrected chi connectivity index (χ0v) is 24.7. The zero-order valence-electron chi connectivity index (χ0n) is 23.8. The molecule has 8 nitrogen and oxygen atoms in total. The molecule has 4 rings (SSSR count). The quantitative estimate of drug-likeness (QED) is 0.310. The fourth-order valence-electron chi connectivity index (χ4n) is 5.07. The number of carbonyl (C=O) groups excluding carboxylic acids is 2. The van der Waals surface area contributed by atoms with Gasteiger partial charge in [-0.15, -0.1) is 0 Å². The van der Waals surface area contributed by atoms with E-state index in [0.717, 1.165) is 17.7 Å². The van der Waals surface area contributed by atoms with Gasteiger partial charge in [0.25, 0.3) is 0 Å². The summed E-state index contributed by atoms with van der Waals surface area (Å²) in [5.41, 5.74) is 0.0671. The molecule has 43 heavy (non-hydrogen) atoms. The standard InChI is InChI=1S/C31H35F3N4O4S/c1-2-18-37(43(41,42)28-14-7-4-8-15-28)23-29(39)38(22-24-10-5-3-6-11-24)27-16-19-36(20-17-27)30(40)35-26-13-9-12-25(21-26)31(32,33)34/h3-15,21,27H,2,16-20,22-23H2,1H3,(H,35,40). The molecule has 0 spiro atoms. The lowest BCUT2D eigenvalue weighted by atomic mass is 10.0. The Kier molecular flexibility index (Phi) is 10.5. The van der Waals surface area contributed by atoms with Crippen LogP contribution in [0.15, 0.2) is 89.8 Å². The van der Waals surface area contributed by atoms with Crippen LogP contribution < -0.4 is 5.32 Å². The third kappa shape index (κ3) is 8.35. The molecule has 0 radical (unpaired) electrons. The summed E-state index contributed by atoms with van der Waals surface area (Å²) in [5, 5.41) is 2.54. The van der Waals surface area contributed by atoms with E-state index in [9.17, 15) is 31.2 Å². The number of anilines is 1. The number of rotatable bonds is 10. The number of halogens is 3. The van der Waals surface area contributed by atoms with Gasteiger partial charge in [-0.2, -0.15) is 17.5 Å². The average molecular weight is 617 g/mol. The highest BCUT2D eigenvalue weighted by atomic mass is 32.2. The van der Waals surface area contributed by atoms with Gasteiger partial charge in [-0.1, -0.05) is 61.5 Å². The predicted molar refractivity (Wildman–Crippen MR) is 158 cm³/mol. The molecule has 1 N–H and O–H groups in total. The lowest BCUT2D eigenvalue weighted by molar-refractivity contribution is -0.137. The molecule has 12 heteroatoms. The molecule has 1 fully saturated rings. The van der Waals surface area contributed by atoms with Crippen LogP contribution in [0, 0.1) is 0 Å². The summed E-state index contributed by atoms with van der Waals surface area (Å²) in [4.78, 5) is 30.0. The third-order valence-electron chi connectivity index (χ3n) is 7.32. The second-order valence-electron chi connectivity index (χ2n) is 10.4. The fraction of sp³-hybridized carbons (Fsp3) is 0.355. The average Bonchev–Trinajstić information content (AvgIpc) is 3.00. The van der Waals surface area contributed by atoms with Crippen molar-refractivity contribution in [2.24, 2.45) is 0 Å². The zero-order chi connectivity index (χ0) is 31.0. The van der Waals surface area contributed by atoms with E-state index in [0.29, 0.717) is 19.3 Å². The van der Waals surface area contributed by atoms with E-state index in [1.807, 2.05) is 37.3 Å². The Morgan fingerprint density at radius 3 is 2.16 bits per heavy atom. The minimum atomic E-state index is -4.53. The minimum Gasteiger partial charge on any atom is -0.334 e. The van der Waals surface area contributed by atoms with E-state index >= 15 is 0 Å². The second kappa shape index (κ2) is 14.0. The topological polar surface area (TPSA) is 90.0 Å². The Balaban J connectivity index is 1.47. The number of hydrogen-bond acceptors (Lipinski definition) is 4. The highest BCUT2D eigenvalue weighted by Crippen LogP contribution is 2.31. The first kappa shape index (κ1) is 32.0. The van der Waals surface area contributed by atoms with Crippen LogP contribution in [-0.4, -0.2) is 66.7 Å². The maximum Gasteiger partial charge on any atom is 0.416 e. The molecule has 1 aliphatic heterocycles. The van der Waals surface area contributed by atoms with E-state index in [-0.39, 0.29) is 55.3 Å². The van der Waals surface area contributed by atoms with Gasteiger partial charge in [-0.05, 0) is 55.2 Å². The third-order valence-corrected chi connectivity index (χ3v) is 9.17. The Morgan fingerprint density at radius 2 is 1.56 bits per heavy atom. The van der Waals surface area contributed by atoms with Crippen molar-refractivity contribution in [3.63, 3.8) is 0 Å². The number of carbonyl (C=O) groups is 2. The number of amides is 3. The summed E-state index contributed by atoms with van der Waals surface area (Å²) in [6.45, 7) is 2.51. The first-order valence-electron chi connectivity index (χ1n) is 14.1. The van der Waals surface area contributed by atoms with Gasteiger partial charge in [-0.3, -0.25) is 4.79 Å². The molecule has 1 heterocycles. The largest absolute Gasteiger partial charge is 0.416 e. The van der Waals surface area contributed by atoms with E-state index in [1.54, 1.807) is 23.1 Å². The molecule has 0 bridgehead atoms. The van der Waals surface area contributed by atoms with Crippen molar-refractivity contribution in [3.05, 3.63) is 96.1 Å². The summed E-state index contributed by atoms with van der Waals surface area (Å²) in [6, 6.07) is 21.0. The Hall–Kier alpha value is -3.90. The van der Waals surface area contributed by atoms with Crippen LogP contribution in [-0.2, 0) is 27.5 Å². The predicted octanol–water partition coefficient (Wildman–Crippen LogP) is 5.83. The highest BCUT2D eigenvalue weighted by Gasteiger charge is 2.34. The monoisotopic (exact) mass is 616 g/mol. The number of hydrogen-bond donors (Lipinski definition) is 1. The van der Waals surface area contributed by atoms with Gasteiger partial charge in [0.1, 0.15) is 0 Å². The Labute approximate surface area is 250 Å². The summed E-state index contributed by atoms with van der Waals surface area (Å²) >= 11 is 0. The molecular weight excluding hydrogens is 581 g/mol. The molecule has 230 valence electrons. The van der Waals surface area contributed by atoms with Crippen molar-refractivity contribution < 1.29 is 31.2 Å². The van der Waals surface area contributed by atoms with Gasteiger partial charge in [0.2, 0.25) is 15.9 Å². The van der Waals surface area contributed by atoms with Crippen molar-refractivity contribution in [1.29, 1.82) is 0 Å². The maximum absolute atomic E-state index is 13.8. The molecule has 1 saturated heterocycles. The second-order valence-corrected chi connectivity index (χ2v) is 12.3. The maximum atomic E-state index is 13.8. The Morgan fingerprint density at radius 1 is 0.930 bits per heavy atom. The molecule has 0 aromatic heterocycles. The van der Waals surface area contributed by atoms with Gasteiger partial charge in [-0.25, -0.2) is 13.2 Å². The summed E-state index contributed by atoms with van der Waals surface area (Å²) in [7, 11) is -3.90. The lowest BCUT2D eigenvalue weighted by Crippen LogP contribution is -2.51. The van der Waals surface area contributed by atoms with Crippen LogP contribution in [0.3, 0.4) is 0 Å². The minimum absolute atomic E-state index is 0.0403. The SMILES string of the molecule is CCCN(CC(=O)N(Cc1ccccc1)C1CCN(C(=O)Nc2cccc(C(F)(F)F)c2)CC1)S(=O)(=O)c1ccccc1. The van der Waals surface area contributed by atoms with Crippen LogP contribution in [0.25, 0.3) is 0 Å². The van der Waals surface area contributed by atoms with Crippen molar-refractivity contribution in [3.8, 4) is 0 Å². The number of alkyl halides is 3. The highest BCUT2D eigenvalue weighted by molar-refractivity contribution is 7.89. The lowest BCUT2D eigenvalue weighted by Gasteiger charge is -2.39. The van der Waals surface area contributed by atoms with E-state index in [1.165, 1.54) is 33.5 Å². The van der Waals surface area contributed by atoms with E-state index < -0.39 is 27.8 Å². The van der Waals surface area contributed by atoms with Gasteiger partial charge in [0.05, 0.1) is 17.0 Å². The van der Waals surface area contributed by atoms with E-state index in [4.69, 9.17) is 0 Å².